The van der Waals surface area contributed by atoms with Crippen molar-refractivity contribution < 1.29 is 9.47 Å². The Bertz CT molecular complexity index is 335. The van der Waals surface area contributed by atoms with Crippen molar-refractivity contribution >= 4 is 22.6 Å². The maximum atomic E-state index is 6.16. The lowest BCUT2D eigenvalue weighted by Crippen LogP contribution is -2.30. The van der Waals surface area contributed by atoms with Crippen LogP contribution in [0, 0.1) is 5.92 Å². The second-order valence-electron chi connectivity index (χ2n) is 4.77. The van der Waals surface area contributed by atoms with Crippen LogP contribution in [0.15, 0.2) is 30.3 Å². The molecule has 0 amide bonds. The van der Waals surface area contributed by atoms with E-state index in [1.54, 1.807) is 0 Å². The molecule has 0 radical (unpaired) electrons. The predicted octanol–water partition coefficient (Wildman–Crippen LogP) is 3.39. The minimum absolute atomic E-state index is 0.176. The Labute approximate surface area is 117 Å². The smallest absolute Gasteiger partial charge is 0.0992 e. The van der Waals surface area contributed by atoms with Crippen LogP contribution >= 0.6 is 22.6 Å². The summed E-state index contributed by atoms with van der Waals surface area (Å²) in [5.41, 5.74) is 1.08. The van der Waals surface area contributed by atoms with Crippen molar-refractivity contribution in [3.8, 4) is 0 Å². The van der Waals surface area contributed by atoms with E-state index < -0.39 is 0 Å². The van der Waals surface area contributed by atoms with Crippen LogP contribution in [0.25, 0.3) is 0 Å². The lowest BCUT2D eigenvalue weighted by Gasteiger charge is -2.29. The van der Waals surface area contributed by atoms with Crippen molar-refractivity contribution in [1.29, 1.82) is 0 Å². The highest BCUT2D eigenvalue weighted by molar-refractivity contribution is 14.1. The molecule has 1 aliphatic heterocycles. The van der Waals surface area contributed by atoms with Gasteiger partial charge in [-0.1, -0.05) is 52.9 Å². The van der Waals surface area contributed by atoms with Crippen molar-refractivity contribution in [3.05, 3.63) is 35.9 Å². The highest BCUT2D eigenvalue weighted by Gasteiger charge is 2.28. The molecule has 0 bridgehead atoms. The monoisotopic (exact) mass is 346 g/mol. The molecule has 1 fully saturated rings. The van der Waals surface area contributed by atoms with E-state index in [9.17, 15) is 0 Å². The van der Waals surface area contributed by atoms with Gasteiger partial charge >= 0.3 is 0 Å². The molecule has 1 aromatic carbocycles. The van der Waals surface area contributed by atoms with Crippen molar-refractivity contribution in [2.75, 3.05) is 24.2 Å². The Kier molecular flexibility index (Phi) is 4.82. The SMILES string of the molecule is CC(CI)(OCC1CCOC1)c1ccccc1. The maximum absolute atomic E-state index is 6.16. The lowest BCUT2D eigenvalue weighted by atomic mass is 9.98. The molecule has 2 nitrogen and oxygen atoms in total. The number of hydrogen-bond donors (Lipinski definition) is 0. The van der Waals surface area contributed by atoms with Gasteiger partial charge in [-0.2, -0.15) is 0 Å². The number of alkyl halides is 1. The van der Waals surface area contributed by atoms with Crippen molar-refractivity contribution in [2.24, 2.45) is 5.92 Å². The zero-order valence-electron chi connectivity index (χ0n) is 10.2. The van der Waals surface area contributed by atoms with Crippen molar-refractivity contribution in [3.63, 3.8) is 0 Å². The minimum atomic E-state index is -0.176. The van der Waals surface area contributed by atoms with E-state index >= 15 is 0 Å². The summed E-state index contributed by atoms with van der Waals surface area (Å²) in [6, 6.07) is 10.5. The molecule has 0 N–H and O–H groups in total. The number of halogens is 1. The summed E-state index contributed by atoms with van der Waals surface area (Å²) in [5, 5.41) is 0. The Morgan fingerprint density at radius 1 is 1.41 bits per heavy atom. The van der Waals surface area contributed by atoms with Gasteiger partial charge in [-0.3, -0.25) is 0 Å². The second kappa shape index (κ2) is 6.16. The molecule has 3 heteroatoms. The van der Waals surface area contributed by atoms with Gasteiger partial charge in [0.15, 0.2) is 0 Å². The molecule has 0 spiro atoms. The fourth-order valence-electron chi connectivity index (χ4n) is 2.01. The fraction of sp³-hybridized carbons (Fsp3) is 0.571. The van der Waals surface area contributed by atoms with Crippen LogP contribution in [0.5, 0.6) is 0 Å². The van der Waals surface area contributed by atoms with Crippen LogP contribution in [0.1, 0.15) is 18.9 Å². The van der Waals surface area contributed by atoms with Gasteiger partial charge in [-0.15, -0.1) is 0 Å². The van der Waals surface area contributed by atoms with Gasteiger partial charge in [0, 0.05) is 17.0 Å². The molecule has 0 aliphatic carbocycles. The second-order valence-corrected chi connectivity index (χ2v) is 5.53. The van der Waals surface area contributed by atoms with E-state index in [2.05, 4.69) is 53.8 Å². The van der Waals surface area contributed by atoms with Gasteiger partial charge < -0.3 is 9.47 Å². The summed E-state index contributed by atoms with van der Waals surface area (Å²) in [6.45, 7) is 4.71. The molecule has 17 heavy (non-hydrogen) atoms. The Balaban J connectivity index is 1.98. The predicted molar refractivity (Wildman–Crippen MR) is 77.6 cm³/mol. The normalized spacial score (nSPS) is 23.5. The van der Waals surface area contributed by atoms with Crippen molar-refractivity contribution in [2.45, 2.75) is 18.9 Å². The van der Waals surface area contributed by atoms with E-state index in [4.69, 9.17) is 9.47 Å². The van der Waals surface area contributed by atoms with E-state index in [1.165, 1.54) is 5.56 Å². The molecule has 94 valence electrons. The number of hydrogen-bond acceptors (Lipinski definition) is 2. The Hall–Kier alpha value is -0.130. The summed E-state index contributed by atoms with van der Waals surface area (Å²) in [7, 11) is 0. The van der Waals surface area contributed by atoms with Gasteiger partial charge in [-0.05, 0) is 18.9 Å². The van der Waals surface area contributed by atoms with E-state index in [-0.39, 0.29) is 5.60 Å². The third-order valence-electron chi connectivity index (χ3n) is 3.30. The first-order valence-corrected chi connectivity index (χ1v) is 7.60. The molecule has 0 aromatic heterocycles. The standard InChI is InChI=1S/C14H19IO2/c1-14(11-15,13-5-3-2-4-6-13)17-10-12-7-8-16-9-12/h2-6,12H,7-11H2,1H3. The summed E-state index contributed by atoms with van der Waals surface area (Å²) in [5.74, 6) is 0.570. The summed E-state index contributed by atoms with van der Waals surface area (Å²) >= 11 is 2.40. The van der Waals surface area contributed by atoms with Crippen LogP contribution < -0.4 is 0 Å². The summed E-state index contributed by atoms with van der Waals surface area (Å²) in [4.78, 5) is 0. The van der Waals surface area contributed by atoms with Crippen LogP contribution in [-0.4, -0.2) is 24.2 Å². The molecular weight excluding hydrogens is 327 g/mol. The number of benzene rings is 1. The molecule has 1 aromatic rings. The molecule has 2 rings (SSSR count). The molecule has 1 saturated heterocycles. The van der Waals surface area contributed by atoms with Crippen LogP contribution in [0.2, 0.25) is 0 Å². The molecular formula is C14H19IO2. The third-order valence-corrected chi connectivity index (χ3v) is 4.76. The Morgan fingerprint density at radius 3 is 2.76 bits per heavy atom. The van der Waals surface area contributed by atoms with Crippen LogP contribution in [0.4, 0.5) is 0 Å². The van der Waals surface area contributed by atoms with E-state index in [0.717, 1.165) is 30.7 Å². The van der Waals surface area contributed by atoms with Gasteiger partial charge in [0.25, 0.3) is 0 Å². The summed E-state index contributed by atoms with van der Waals surface area (Å²) < 4.78 is 12.5. The maximum Gasteiger partial charge on any atom is 0.0992 e. The molecule has 2 unspecified atom stereocenters. The zero-order valence-corrected chi connectivity index (χ0v) is 12.4. The molecule has 0 saturated carbocycles. The highest BCUT2D eigenvalue weighted by atomic mass is 127. The first kappa shape index (κ1) is 13.3. The van der Waals surface area contributed by atoms with Gasteiger partial charge in [0.1, 0.15) is 0 Å². The molecule has 1 heterocycles. The average molecular weight is 346 g/mol. The lowest BCUT2D eigenvalue weighted by molar-refractivity contribution is -0.0347. The highest BCUT2D eigenvalue weighted by Crippen LogP contribution is 2.29. The Morgan fingerprint density at radius 2 is 2.18 bits per heavy atom. The summed E-state index contributed by atoms with van der Waals surface area (Å²) in [6.07, 6.45) is 1.13. The van der Waals surface area contributed by atoms with Crippen LogP contribution in [-0.2, 0) is 15.1 Å². The van der Waals surface area contributed by atoms with Gasteiger partial charge in [-0.25, -0.2) is 0 Å². The molecule has 1 aliphatic rings. The van der Waals surface area contributed by atoms with Crippen LogP contribution in [0.3, 0.4) is 0 Å². The average Bonchev–Trinajstić information content (AvgIpc) is 2.90. The van der Waals surface area contributed by atoms with Gasteiger partial charge in [0.05, 0.1) is 18.8 Å². The third kappa shape index (κ3) is 3.42. The fourth-order valence-corrected chi connectivity index (χ4v) is 2.67. The van der Waals surface area contributed by atoms with E-state index in [1.807, 2.05) is 6.07 Å². The molecule has 2 atom stereocenters. The zero-order chi connectivity index (χ0) is 12.1. The van der Waals surface area contributed by atoms with E-state index in [0.29, 0.717) is 5.92 Å². The number of rotatable bonds is 5. The minimum Gasteiger partial charge on any atom is -0.381 e. The largest absolute Gasteiger partial charge is 0.381 e. The quantitative estimate of drug-likeness (QED) is 0.601. The number of ether oxygens (including phenoxy) is 2. The topological polar surface area (TPSA) is 18.5 Å². The van der Waals surface area contributed by atoms with Gasteiger partial charge in [0.2, 0.25) is 0 Å². The first-order chi connectivity index (χ1) is 8.24. The van der Waals surface area contributed by atoms with Crippen molar-refractivity contribution in [1.82, 2.24) is 0 Å². The first-order valence-electron chi connectivity index (χ1n) is 6.08.